The third-order valence-corrected chi connectivity index (χ3v) is 1.94. The summed E-state index contributed by atoms with van der Waals surface area (Å²) in [6.45, 7) is 4.15. The van der Waals surface area contributed by atoms with Crippen LogP contribution in [-0.4, -0.2) is 0 Å². The number of hydrogen-bond donors (Lipinski definition) is 0. The molecule has 0 amide bonds. The molecule has 75 valence electrons. The molecule has 2 rings (SSSR count). The van der Waals surface area contributed by atoms with Gasteiger partial charge < -0.3 is 0 Å². The van der Waals surface area contributed by atoms with E-state index in [0.29, 0.717) is 0 Å². The molecular formula is C14H14Y-2. The van der Waals surface area contributed by atoms with Gasteiger partial charge in [0.2, 0.25) is 0 Å². The van der Waals surface area contributed by atoms with Crippen LogP contribution >= 0.6 is 0 Å². The van der Waals surface area contributed by atoms with Gasteiger partial charge in [0.15, 0.2) is 0 Å². The summed E-state index contributed by atoms with van der Waals surface area (Å²) in [6.07, 6.45) is 0. The van der Waals surface area contributed by atoms with Crippen LogP contribution in [0.1, 0.15) is 11.1 Å². The Labute approximate surface area is 118 Å². The maximum atomic E-state index is 3.10. The van der Waals surface area contributed by atoms with Gasteiger partial charge in [0.05, 0.1) is 0 Å². The molecule has 1 radical (unpaired) electrons. The van der Waals surface area contributed by atoms with E-state index in [4.69, 9.17) is 0 Å². The molecule has 1 heteroatoms. The molecule has 0 unspecified atom stereocenters. The second-order valence-electron chi connectivity index (χ2n) is 3.06. The Morgan fingerprint density at radius 1 is 0.867 bits per heavy atom. The van der Waals surface area contributed by atoms with Crippen molar-refractivity contribution in [2.75, 3.05) is 0 Å². The van der Waals surface area contributed by atoms with Crippen LogP contribution in [0.5, 0.6) is 0 Å². The van der Waals surface area contributed by atoms with E-state index in [0.717, 1.165) is 0 Å². The summed E-state index contributed by atoms with van der Waals surface area (Å²) in [5.41, 5.74) is 2.56. The van der Waals surface area contributed by atoms with E-state index in [2.05, 4.69) is 32.0 Å². The Hall–Kier alpha value is -0.456. The number of hydrogen-bond acceptors (Lipinski definition) is 0. The third-order valence-electron chi connectivity index (χ3n) is 1.94. The summed E-state index contributed by atoms with van der Waals surface area (Å²) in [5.74, 6) is 0. The zero-order chi connectivity index (χ0) is 10.2. The van der Waals surface area contributed by atoms with Crippen LogP contribution in [0.3, 0.4) is 0 Å². The van der Waals surface area contributed by atoms with Crippen LogP contribution in [0.2, 0.25) is 0 Å². The smallest absolute Gasteiger partial charge is 0 e. The number of rotatable bonds is 0. The van der Waals surface area contributed by atoms with Gasteiger partial charge in [-0.05, 0) is 0 Å². The van der Waals surface area contributed by atoms with E-state index in [1.165, 1.54) is 11.1 Å². The van der Waals surface area contributed by atoms with E-state index in [1.807, 2.05) is 42.5 Å². The molecule has 0 aliphatic carbocycles. The zero-order valence-corrected chi connectivity index (χ0v) is 12.0. The summed E-state index contributed by atoms with van der Waals surface area (Å²) in [4.78, 5) is 0. The quantitative estimate of drug-likeness (QED) is 0.642. The molecule has 2 aromatic carbocycles. The molecule has 0 heterocycles. The monoisotopic (exact) mass is 271 g/mol. The minimum atomic E-state index is 0. The van der Waals surface area contributed by atoms with Crippen LogP contribution in [0.15, 0.2) is 48.5 Å². The minimum Gasteiger partial charge on any atom is -0.184 e. The van der Waals surface area contributed by atoms with Crippen molar-refractivity contribution in [1.29, 1.82) is 0 Å². The Morgan fingerprint density at radius 3 is 1.80 bits per heavy atom. The normalized spacial score (nSPS) is 8.13. The van der Waals surface area contributed by atoms with Crippen molar-refractivity contribution in [2.45, 2.75) is 13.8 Å². The van der Waals surface area contributed by atoms with Crippen LogP contribution in [0.4, 0.5) is 0 Å². The standard InChI is InChI=1S/C8H9.C6H5.Y/c1-7-5-3-4-6-8(7)2;1-2-4-6-5-3-1;/h3-5H,1-2H3;1-5H;/q2*-1;. The molecule has 0 bridgehead atoms. The molecule has 0 spiro atoms. The van der Waals surface area contributed by atoms with Crippen molar-refractivity contribution in [3.8, 4) is 0 Å². The first-order valence-corrected chi connectivity index (χ1v) is 4.65. The number of aryl methyl sites for hydroxylation is 2. The predicted octanol–water partition coefficient (Wildman–Crippen LogP) is 3.59. The van der Waals surface area contributed by atoms with E-state index in [-0.39, 0.29) is 32.7 Å². The van der Waals surface area contributed by atoms with Crippen LogP contribution in [-0.2, 0) is 32.7 Å². The van der Waals surface area contributed by atoms with Gasteiger partial charge in [-0.15, -0.1) is 0 Å². The van der Waals surface area contributed by atoms with Crippen molar-refractivity contribution < 1.29 is 32.7 Å². The van der Waals surface area contributed by atoms with Crippen molar-refractivity contribution in [1.82, 2.24) is 0 Å². The molecular weight excluding hydrogens is 257 g/mol. The summed E-state index contributed by atoms with van der Waals surface area (Å²) in [6, 6.07) is 21.6. The molecule has 0 fully saturated rings. The van der Waals surface area contributed by atoms with Crippen LogP contribution in [0.25, 0.3) is 0 Å². The maximum absolute atomic E-state index is 3.10. The van der Waals surface area contributed by atoms with E-state index < -0.39 is 0 Å². The Morgan fingerprint density at radius 2 is 1.53 bits per heavy atom. The average Bonchev–Trinajstić information content (AvgIpc) is 2.26. The van der Waals surface area contributed by atoms with Gasteiger partial charge >= 0.3 is 0 Å². The van der Waals surface area contributed by atoms with Crippen molar-refractivity contribution in [3.05, 3.63) is 71.8 Å². The largest absolute Gasteiger partial charge is 0.184 e. The van der Waals surface area contributed by atoms with Gasteiger partial charge in [-0.1, -0.05) is 13.8 Å². The molecule has 0 atom stereocenters. The molecule has 0 N–H and O–H groups in total. The van der Waals surface area contributed by atoms with E-state index >= 15 is 0 Å². The van der Waals surface area contributed by atoms with E-state index in [9.17, 15) is 0 Å². The van der Waals surface area contributed by atoms with E-state index in [1.54, 1.807) is 0 Å². The third kappa shape index (κ3) is 6.59. The van der Waals surface area contributed by atoms with Crippen LogP contribution in [0, 0.1) is 26.0 Å². The fourth-order valence-electron chi connectivity index (χ4n) is 0.946. The summed E-state index contributed by atoms with van der Waals surface area (Å²) in [7, 11) is 0. The molecule has 0 aromatic heterocycles. The summed E-state index contributed by atoms with van der Waals surface area (Å²) in [5, 5.41) is 0. The molecule has 0 aliphatic heterocycles. The average molecular weight is 271 g/mol. The molecule has 0 nitrogen and oxygen atoms in total. The van der Waals surface area contributed by atoms with Gasteiger partial charge in [0, 0.05) is 32.7 Å². The molecule has 0 saturated heterocycles. The Balaban J connectivity index is 0.000000253. The second-order valence-corrected chi connectivity index (χ2v) is 3.06. The van der Waals surface area contributed by atoms with Gasteiger partial charge in [-0.3, -0.25) is 0 Å². The van der Waals surface area contributed by atoms with Crippen molar-refractivity contribution in [2.24, 2.45) is 0 Å². The second kappa shape index (κ2) is 8.82. The number of benzene rings is 2. The van der Waals surface area contributed by atoms with Gasteiger partial charge in [-0.25, -0.2) is 0 Å². The fourth-order valence-corrected chi connectivity index (χ4v) is 0.946. The van der Waals surface area contributed by atoms with Gasteiger partial charge in [0.25, 0.3) is 0 Å². The maximum Gasteiger partial charge on any atom is 0 e. The van der Waals surface area contributed by atoms with Crippen molar-refractivity contribution in [3.63, 3.8) is 0 Å². The summed E-state index contributed by atoms with van der Waals surface area (Å²) < 4.78 is 0. The zero-order valence-electron chi connectivity index (χ0n) is 9.20. The molecule has 0 saturated carbocycles. The molecule has 2 aromatic rings. The van der Waals surface area contributed by atoms with Gasteiger partial charge in [-0.2, -0.15) is 71.8 Å². The van der Waals surface area contributed by atoms with Gasteiger partial charge in [0.1, 0.15) is 0 Å². The first-order chi connectivity index (χ1) is 6.80. The Kier molecular flexibility index (Phi) is 8.55. The SMILES string of the molecule is Cc1[c-]cccc1C.[Y].[c-]1ccccc1. The van der Waals surface area contributed by atoms with Crippen molar-refractivity contribution >= 4 is 0 Å². The topological polar surface area (TPSA) is 0 Å². The fraction of sp³-hybridized carbons (Fsp3) is 0.143. The first kappa shape index (κ1) is 14.5. The first-order valence-electron chi connectivity index (χ1n) is 4.65. The predicted molar refractivity (Wildman–Crippen MR) is 60.0 cm³/mol. The Bertz CT molecular complexity index is 307. The van der Waals surface area contributed by atoms with Crippen LogP contribution < -0.4 is 0 Å². The minimum absolute atomic E-state index is 0. The summed E-state index contributed by atoms with van der Waals surface area (Å²) >= 11 is 0. The molecule has 0 aliphatic rings. The molecule has 15 heavy (non-hydrogen) atoms.